The minimum atomic E-state index is 0.297. The Balaban J connectivity index is 1.72. The van der Waals surface area contributed by atoms with Crippen molar-refractivity contribution in [3.8, 4) is 0 Å². The van der Waals surface area contributed by atoms with Crippen molar-refractivity contribution < 1.29 is 9.47 Å². The molecule has 0 amide bonds. The van der Waals surface area contributed by atoms with E-state index in [4.69, 9.17) is 9.47 Å². The molecule has 0 aromatic carbocycles. The van der Waals surface area contributed by atoms with Gasteiger partial charge in [-0.15, -0.1) is 0 Å². The molecule has 0 spiro atoms. The normalized spacial score (nSPS) is 36.8. The maximum Gasteiger partial charge on any atom is 0.0962 e. The van der Waals surface area contributed by atoms with Gasteiger partial charge < -0.3 is 9.47 Å². The molecule has 0 bridgehead atoms. The third-order valence-corrected chi connectivity index (χ3v) is 4.26. The van der Waals surface area contributed by atoms with Gasteiger partial charge in [0, 0.05) is 11.4 Å². The third-order valence-electron chi connectivity index (χ3n) is 3.36. The van der Waals surface area contributed by atoms with Crippen molar-refractivity contribution in [1.82, 2.24) is 0 Å². The molecular weight excluding hydrogens is 256 g/mol. The standard InChI is InChI=1S/C12H21BrO2/c1-2-7-14-12-10(13)8-11(12)15-9-5-3-4-6-9/h9-12H,2-8H2,1H3. The summed E-state index contributed by atoms with van der Waals surface area (Å²) in [4.78, 5) is 0.510. The summed E-state index contributed by atoms with van der Waals surface area (Å²) in [5.41, 5.74) is 0. The maximum absolute atomic E-state index is 6.07. The fourth-order valence-corrected chi connectivity index (χ4v) is 3.26. The van der Waals surface area contributed by atoms with Crippen LogP contribution in [-0.2, 0) is 9.47 Å². The van der Waals surface area contributed by atoms with Crippen molar-refractivity contribution in [2.75, 3.05) is 6.61 Å². The van der Waals surface area contributed by atoms with Crippen LogP contribution in [0.3, 0.4) is 0 Å². The van der Waals surface area contributed by atoms with Crippen LogP contribution in [0.1, 0.15) is 45.4 Å². The van der Waals surface area contributed by atoms with Gasteiger partial charge in [-0.1, -0.05) is 35.7 Å². The summed E-state index contributed by atoms with van der Waals surface area (Å²) in [5.74, 6) is 0. The van der Waals surface area contributed by atoms with E-state index in [2.05, 4.69) is 22.9 Å². The summed E-state index contributed by atoms with van der Waals surface area (Å²) in [6.45, 7) is 3.01. The second kappa shape index (κ2) is 5.65. The van der Waals surface area contributed by atoms with Gasteiger partial charge in [0.25, 0.3) is 0 Å². The molecule has 0 radical (unpaired) electrons. The fourth-order valence-electron chi connectivity index (χ4n) is 2.40. The highest BCUT2D eigenvalue weighted by molar-refractivity contribution is 9.09. The molecule has 0 aromatic heterocycles. The maximum atomic E-state index is 6.07. The Labute approximate surface area is 101 Å². The lowest BCUT2D eigenvalue weighted by Gasteiger charge is -2.42. The molecule has 0 N–H and O–H groups in total. The van der Waals surface area contributed by atoms with E-state index in [1.165, 1.54) is 25.7 Å². The van der Waals surface area contributed by atoms with Crippen LogP contribution < -0.4 is 0 Å². The van der Waals surface area contributed by atoms with Crippen molar-refractivity contribution >= 4 is 15.9 Å². The molecule has 3 atom stereocenters. The lowest BCUT2D eigenvalue weighted by atomic mass is 9.91. The molecule has 2 rings (SSSR count). The minimum Gasteiger partial charge on any atom is -0.374 e. The molecule has 0 aromatic rings. The van der Waals surface area contributed by atoms with Crippen LogP contribution in [0.5, 0.6) is 0 Å². The molecule has 88 valence electrons. The molecular formula is C12H21BrO2. The van der Waals surface area contributed by atoms with Crippen LogP contribution in [0.25, 0.3) is 0 Å². The van der Waals surface area contributed by atoms with Crippen molar-refractivity contribution in [2.45, 2.75) is 68.6 Å². The van der Waals surface area contributed by atoms with E-state index >= 15 is 0 Å². The smallest absolute Gasteiger partial charge is 0.0962 e. The SMILES string of the molecule is CCCOC1C(Br)CC1OC1CCCC1. The zero-order chi connectivity index (χ0) is 10.7. The molecule has 0 heterocycles. The summed E-state index contributed by atoms with van der Waals surface area (Å²) < 4.78 is 11.9. The van der Waals surface area contributed by atoms with Gasteiger partial charge >= 0.3 is 0 Å². The monoisotopic (exact) mass is 276 g/mol. The predicted octanol–water partition coefficient (Wildman–Crippen LogP) is 3.28. The van der Waals surface area contributed by atoms with Gasteiger partial charge in [0.1, 0.15) is 0 Å². The first-order chi connectivity index (χ1) is 7.31. The van der Waals surface area contributed by atoms with E-state index in [1.54, 1.807) is 0 Å². The highest BCUT2D eigenvalue weighted by atomic mass is 79.9. The molecule has 2 fully saturated rings. The molecule has 0 saturated heterocycles. The van der Waals surface area contributed by atoms with Crippen molar-refractivity contribution in [1.29, 1.82) is 0 Å². The molecule has 2 saturated carbocycles. The Bertz CT molecular complexity index is 192. The highest BCUT2D eigenvalue weighted by Crippen LogP contribution is 2.36. The van der Waals surface area contributed by atoms with Crippen LogP contribution in [0.4, 0.5) is 0 Å². The zero-order valence-electron chi connectivity index (χ0n) is 9.45. The average molecular weight is 277 g/mol. The van der Waals surface area contributed by atoms with Gasteiger partial charge in [-0.3, -0.25) is 0 Å². The molecule has 15 heavy (non-hydrogen) atoms. The quantitative estimate of drug-likeness (QED) is 0.718. The zero-order valence-corrected chi connectivity index (χ0v) is 11.0. The molecule has 2 aliphatic carbocycles. The fraction of sp³-hybridized carbons (Fsp3) is 1.00. The van der Waals surface area contributed by atoms with E-state index in [1.807, 2.05) is 0 Å². The van der Waals surface area contributed by atoms with Crippen LogP contribution in [0, 0.1) is 0 Å². The first-order valence-electron chi connectivity index (χ1n) is 6.22. The second-order valence-corrected chi connectivity index (χ2v) is 5.84. The largest absolute Gasteiger partial charge is 0.374 e. The van der Waals surface area contributed by atoms with Crippen LogP contribution in [-0.4, -0.2) is 29.7 Å². The van der Waals surface area contributed by atoms with Crippen molar-refractivity contribution in [3.63, 3.8) is 0 Å². The Morgan fingerprint density at radius 2 is 2.00 bits per heavy atom. The van der Waals surface area contributed by atoms with Gasteiger partial charge in [-0.25, -0.2) is 0 Å². The van der Waals surface area contributed by atoms with E-state index < -0.39 is 0 Å². The highest BCUT2D eigenvalue weighted by Gasteiger charge is 2.42. The van der Waals surface area contributed by atoms with Crippen LogP contribution >= 0.6 is 15.9 Å². The number of rotatable bonds is 5. The molecule has 3 heteroatoms. The summed E-state index contributed by atoms with van der Waals surface area (Å²) in [6.07, 6.45) is 8.56. The van der Waals surface area contributed by atoms with Gasteiger partial charge in [-0.05, 0) is 25.7 Å². The van der Waals surface area contributed by atoms with Crippen molar-refractivity contribution in [3.05, 3.63) is 0 Å². The number of hydrogen-bond acceptors (Lipinski definition) is 2. The van der Waals surface area contributed by atoms with E-state index in [0.717, 1.165) is 19.4 Å². The molecule has 3 unspecified atom stereocenters. The number of ether oxygens (including phenoxy) is 2. The Morgan fingerprint density at radius 1 is 1.27 bits per heavy atom. The average Bonchev–Trinajstić information content (AvgIpc) is 2.70. The third kappa shape index (κ3) is 2.95. The van der Waals surface area contributed by atoms with Gasteiger partial charge in [0.2, 0.25) is 0 Å². The summed E-state index contributed by atoms with van der Waals surface area (Å²) >= 11 is 3.64. The first-order valence-corrected chi connectivity index (χ1v) is 7.14. The van der Waals surface area contributed by atoms with Gasteiger partial charge in [-0.2, -0.15) is 0 Å². The summed E-state index contributed by atoms with van der Waals surface area (Å²) in [7, 11) is 0. The Morgan fingerprint density at radius 3 is 2.60 bits per heavy atom. The molecule has 2 nitrogen and oxygen atoms in total. The van der Waals surface area contributed by atoms with E-state index in [0.29, 0.717) is 23.1 Å². The first kappa shape index (κ1) is 11.9. The predicted molar refractivity (Wildman–Crippen MR) is 64.5 cm³/mol. The second-order valence-electron chi connectivity index (χ2n) is 4.67. The lowest BCUT2D eigenvalue weighted by molar-refractivity contribution is -0.143. The van der Waals surface area contributed by atoms with E-state index in [9.17, 15) is 0 Å². The van der Waals surface area contributed by atoms with Gasteiger partial charge in [0.05, 0.1) is 18.3 Å². The summed E-state index contributed by atoms with van der Waals surface area (Å²) in [6, 6.07) is 0. The minimum absolute atomic E-state index is 0.297. The Kier molecular flexibility index (Phi) is 4.47. The summed E-state index contributed by atoms with van der Waals surface area (Å²) in [5, 5.41) is 0. The van der Waals surface area contributed by atoms with E-state index in [-0.39, 0.29) is 0 Å². The molecule has 2 aliphatic rings. The number of alkyl halides is 1. The molecule has 0 aliphatic heterocycles. The topological polar surface area (TPSA) is 18.5 Å². The lowest BCUT2D eigenvalue weighted by Crippen LogP contribution is -2.51. The number of halogens is 1. The van der Waals surface area contributed by atoms with Crippen LogP contribution in [0.15, 0.2) is 0 Å². The van der Waals surface area contributed by atoms with Gasteiger partial charge in [0.15, 0.2) is 0 Å². The number of hydrogen-bond donors (Lipinski definition) is 0. The van der Waals surface area contributed by atoms with Crippen molar-refractivity contribution in [2.24, 2.45) is 0 Å². The van der Waals surface area contributed by atoms with Crippen LogP contribution in [0.2, 0.25) is 0 Å². The Hall–Kier alpha value is 0.400.